The van der Waals surface area contributed by atoms with E-state index in [2.05, 4.69) is 21.2 Å². The molecule has 0 amide bonds. The van der Waals surface area contributed by atoms with E-state index in [0.717, 1.165) is 6.07 Å². The first-order chi connectivity index (χ1) is 9.95. The SMILES string of the molecule is CNC(Cc1cccc(F)c1F)c1ccc(Br)c(Cl)c1F. The quantitative estimate of drug-likeness (QED) is 0.736. The van der Waals surface area contributed by atoms with Crippen molar-refractivity contribution in [3.8, 4) is 0 Å². The van der Waals surface area contributed by atoms with Crippen LogP contribution in [0.4, 0.5) is 13.2 Å². The molecule has 2 rings (SSSR count). The Hall–Kier alpha value is -1.04. The molecule has 0 aliphatic heterocycles. The predicted molar refractivity (Wildman–Crippen MR) is 81.0 cm³/mol. The molecule has 112 valence electrons. The highest BCUT2D eigenvalue weighted by Gasteiger charge is 2.20. The summed E-state index contributed by atoms with van der Waals surface area (Å²) in [4.78, 5) is 0. The maximum Gasteiger partial charge on any atom is 0.162 e. The van der Waals surface area contributed by atoms with Crippen LogP contribution in [-0.4, -0.2) is 7.05 Å². The van der Waals surface area contributed by atoms with Gasteiger partial charge in [0.25, 0.3) is 0 Å². The zero-order valence-corrected chi connectivity index (χ0v) is 13.4. The van der Waals surface area contributed by atoms with Crippen LogP contribution in [0.25, 0.3) is 0 Å². The van der Waals surface area contributed by atoms with Gasteiger partial charge in [-0.25, -0.2) is 13.2 Å². The number of nitrogens with one attached hydrogen (secondary N) is 1. The Labute approximate surface area is 134 Å². The smallest absolute Gasteiger partial charge is 0.162 e. The summed E-state index contributed by atoms with van der Waals surface area (Å²) in [6, 6.07) is 6.60. The maximum absolute atomic E-state index is 14.2. The molecule has 0 heterocycles. The van der Waals surface area contributed by atoms with Gasteiger partial charge in [0.1, 0.15) is 5.82 Å². The Morgan fingerprint density at radius 1 is 1.14 bits per heavy atom. The van der Waals surface area contributed by atoms with Crippen molar-refractivity contribution in [3.05, 3.63) is 68.4 Å². The van der Waals surface area contributed by atoms with Crippen molar-refractivity contribution in [1.29, 1.82) is 0 Å². The van der Waals surface area contributed by atoms with Gasteiger partial charge in [-0.05, 0) is 47.1 Å². The molecular weight excluding hydrogens is 367 g/mol. The standard InChI is InChI=1S/C15H12BrClF3N/c1-21-12(7-8-3-2-4-11(18)14(8)19)9-5-6-10(16)13(17)15(9)20/h2-6,12,21H,7H2,1H3. The first-order valence-corrected chi connectivity index (χ1v) is 7.36. The maximum atomic E-state index is 14.2. The molecular formula is C15H12BrClF3N. The van der Waals surface area contributed by atoms with Gasteiger partial charge in [-0.2, -0.15) is 0 Å². The molecule has 1 nitrogen and oxygen atoms in total. The lowest BCUT2D eigenvalue weighted by molar-refractivity contribution is 0.481. The van der Waals surface area contributed by atoms with Crippen LogP contribution in [-0.2, 0) is 6.42 Å². The number of likely N-dealkylation sites (N-methyl/N-ethyl adjacent to an activating group) is 1. The minimum absolute atomic E-state index is 0.0348. The zero-order chi connectivity index (χ0) is 15.6. The Morgan fingerprint density at radius 2 is 1.86 bits per heavy atom. The van der Waals surface area contributed by atoms with E-state index in [-0.39, 0.29) is 17.0 Å². The van der Waals surface area contributed by atoms with Gasteiger partial charge in [-0.1, -0.05) is 29.8 Å². The average Bonchev–Trinajstić information content (AvgIpc) is 2.47. The van der Waals surface area contributed by atoms with E-state index in [1.807, 2.05) is 0 Å². The van der Waals surface area contributed by atoms with Crippen molar-refractivity contribution < 1.29 is 13.2 Å². The summed E-state index contributed by atoms with van der Waals surface area (Å²) in [5, 5.41) is 2.86. The van der Waals surface area contributed by atoms with E-state index in [1.54, 1.807) is 19.2 Å². The second-order valence-electron chi connectivity index (χ2n) is 4.52. The van der Waals surface area contributed by atoms with Gasteiger partial charge in [0.05, 0.1) is 5.02 Å². The molecule has 0 fully saturated rings. The third-order valence-corrected chi connectivity index (χ3v) is 4.50. The van der Waals surface area contributed by atoms with Crippen LogP contribution in [0, 0.1) is 17.5 Å². The molecule has 1 unspecified atom stereocenters. The van der Waals surface area contributed by atoms with Gasteiger partial charge in [0.15, 0.2) is 11.6 Å². The van der Waals surface area contributed by atoms with Gasteiger partial charge < -0.3 is 5.32 Å². The Balaban J connectivity index is 2.37. The van der Waals surface area contributed by atoms with E-state index < -0.39 is 23.5 Å². The Bertz CT molecular complexity index is 664. The lowest BCUT2D eigenvalue weighted by atomic mass is 9.98. The van der Waals surface area contributed by atoms with Crippen molar-refractivity contribution in [2.45, 2.75) is 12.5 Å². The zero-order valence-electron chi connectivity index (χ0n) is 11.1. The number of halogens is 5. The first kappa shape index (κ1) is 16.3. The lowest BCUT2D eigenvalue weighted by Crippen LogP contribution is -2.21. The molecule has 1 N–H and O–H groups in total. The molecule has 1 atom stereocenters. The van der Waals surface area contributed by atoms with Crippen molar-refractivity contribution in [2.75, 3.05) is 7.05 Å². The monoisotopic (exact) mass is 377 g/mol. The van der Waals surface area contributed by atoms with Gasteiger partial charge in [-0.15, -0.1) is 0 Å². The van der Waals surface area contributed by atoms with Crippen LogP contribution in [0.1, 0.15) is 17.2 Å². The molecule has 0 saturated carbocycles. The average molecular weight is 379 g/mol. The van der Waals surface area contributed by atoms with Crippen LogP contribution in [0.15, 0.2) is 34.8 Å². The molecule has 0 saturated heterocycles. The van der Waals surface area contributed by atoms with Crippen LogP contribution in [0.2, 0.25) is 5.02 Å². The normalized spacial score (nSPS) is 12.5. The second-order valence-corrected chi connectivity index (χ2v) is 5.76. The van der Waals surface area contributed by atoms with Gasteiger partial charge in [-0.3, -0.25) is 0 Å². The number of rotatable bonds is 4. The fourth-order valence-corrected chi connectivity index (χ4v) is 2.58. The summed E-state index contributed by atoms with van der Waals surface area (Å²) in [5.74, 6) is -2.42. The molecule has 2 aromatic rings. The molecule has 0 bridgehead atoms. The van der Waals surface area contributed by atoms with Crippen molar-refractivity contribution in [3.63, 3.8) is 0 Å². The van der Waals surface area contributed by atoms with Crippen LogP contribution >= 0.6 is 27.5 Å². The first-order valence-electron chi connectivity index (χ1n) is 6.19. The molecule has 21 heavy (non-hydrogen) atoms. The fraction of sp³-hybridized carbons (Fsp3) is 0.200. The second kappa shape index (κ2) is 6.81. The highest BCUT2D eigenvalue weighted by Crippen LogP contribution is 2.32. The van der Waals surface area contributed by atoms with E-state index in [4.69, 9.17) is 11.6 Å². The molecule has 2 aromatic carbocycles. The third-order valence-electron chi connectivity index (χ3n) is 3.24. The minimum Gasteiger partial charge on any atom is -0.313 e. The molecule has 0 aliphatic rings. The number of hydrogen-bond acceptors (Lipinski definition) is 1. The van der Waals surface area contributed by atoms with Crippen molar-refractivity contribution in [2.24, 2.45) is 0 Å². The van der Waals surface area contributed by atoms with E-state index in [1.165, 1.54) is 12.1 Å². The number of benzene rings is 2. The summed E-state index contributed by atoms with van der Waals surface area (Å²) in [5.41, 5.74) is 0.474. The van der Waals surface area contributed by atoms with Gasteiger partial charge in [0.2, 0.25) is 0 Å². The molecule has 6 heteroatoms. The van der Waals surface area contributed by atoms with E-state index >= 15 is 0 Å². The van der Waals surface area contributed by atoms with Crippen LogP contribution < -0.4 is 5.32 Å². The topological polar surface area (TPSA) is 12.0 Å². The van der Waals surface area contributed by atoms with Crippen molar-refractivity contribution in [1.82, 2.24) is 5.32 Å². The van der Waals surface area contributed by atoms with Gasteiger partial charge in [0, 0.05) is 16.1 Å². The molecule has 0 spiro atoms. The van der Waals surface area contributed by atoms with E-state index in [0.29, 0.717) is 10.0 Å². The predicted octanol–water partition coefficient (Wildman–Crippen LogP) is 5.02. The minimum atomic E-state index is -0.920. The molecule has 0 aliphatic carbocycles. The van der Waals surface area contributed by atoms with Crippen LogP contribution in [0.3, 0.4) is 0 Å². The lowest BCUT2D eigenvalue weighted by Gasteiger charge is -2.19. The summed E-state index contributed by atoms with van der Waals surface area (Å²) in [7, 11) is 1.62. The highest BCUT2D eigenvalue weighted by molar-refractivity contribution is 9.10. The molecule has 0 aromatic heterocycles. The fourth-order valence-electron chi connectivity index (χ4n) is 2.10. The summed E-state index contributed by atoms with van der Waals surface area (Å²) < 4.78 is 41.6. The Morgan fingerprint density at radius 3 is 2.52 bits per heavy atom. The largest absolute Gasteiger partial charge is 0.313 e. The van der Waals surface area contributed by atoms with Crippen molar-refractivity contribution >= 4 is 27.5 Å². The Kier molecular flexibility index (Phi) is 5.30. The summed E-state index contributed by atoms with van der Waals surface area (Å²) >= 11 is 9.00. The molecule has 0 radical (unpaired) electrons. The number of hydrogen-bond donors (Lipinski definition) is 1. The summed E-state index contributed by atoms with van der Waals surface area (Å²) in [6.07, 6.45) is 0.106. The summed E-state index contributed by atoms with van der Waals surface area (Å²) in [6.45, 7) is 0. The van der Waals surface area contributed by atoms with Crippen LogP contribution in [0.5, 0.6) is 0 Å². The van der Waals surface area contributed by atoms with E-state index in [9.17, 15) is 13.2 Å². The third kappa shape index (κ3) is 3.42. The van der Waals surface area contributed by atoms with Gasteiger partial charge >= 0.3 is 0 Å². The highest BCUT2D eigenvalue weighted by atomic mass is 79.9.